The lowest BCUT2D eigenvalue weighted by molar-refractivity contribution is 0.0840. The first-order chi connectivity index (χ1) is 8.46. The van der Waals surface area contributed by atoms with Crippen molar-refractivity contribution in [1.29, 1.82) is 0 Å². The number of halogens is 1. The second-order valence-electron chi connectivity index (χ2n) is 4.89. The number of hydrogen-bond acceptors (Lipinski definition) is 4. The van der Waals surface area contributed by atoms with E-state index in [1.165, 1.54) is 0 Å². The van der Waals surface area contributed by atoms with Gasteiger partial charge >= 0.3 is 0 Å². The Morgan fingerprint density at radius 2 is 2.11 bits per heavy atom. The Hall–Kier alpha value is -0.850. The fourth-order valence-corrected chi connectivity index (χ4v) is 2.17. The van der Waals surface area contributed by atoms with Crippen LogP contribution in [0.25, 0.3) is 11.0 Å². The molecule has 0 aliphatic rings. The molecule has 0 radical (unpaired) electrons. The summed E-state index contributed by atoms with van der Waals surface area (Å²) in [7, 11) is -0.510. The van der Waals surface area contributed by atoms with E-state index in [1.807, 2.05) is 0 Å². The van der Waals surface area contributed by atoms with Gasteiger partial charge in [-0.15, -0.1) is 0 Å². The maximum atomic E-state index is 5.72. The third-order valence-corrected chi connectivity index (χ3v) is 3.99. The average molecular weight is 289 g/mol. The van der Waals surface area contributed by atoms with Gasteiger partial charge in [0.05, 0.1) is 19.0 Å². The molecule has 0 spiro atoms. The van der Waals surface area contributed by atoms with Gasteiger partial charge in [-0.3, -0.25) is 0 Å². The monoisotopic (exact) mass is 288 g/mol. The third-order valence-electron chi connectivity index (χ3n) is 2.42. The topological polar surface area (TPSA) is 52.8 Å². The second kappa shape index (κ2) is 5.42. The fraction of sp³-hybridized carbons (Fsp3) is 0.545. The van der Waals surface area contributed by atoms with Gasteiger partial charge in [0.1, 0.15) is 17.8 Å². The fourth-order valence-electron chi connectivity index (χ4n) is 1.41. The van der Waals surface area contributed by atoms with Crippen LogP contribution in [0.15, 0.2) is 12.4 Å². The summed E-state index contributed by atoms with van der Waals surface area (Å²) < 4.78 is 7.36. The molecule has 0 saturated carbocycles. The van der Waals surface area contributed by atoms with Gasteiger partial charge in [-0.2, -0.15) is 5.10 Å². The van der Waals surface area contributed by atoms with E-state index in [-0.39, 0.29) is 5.28 Å². The smallest absolute Gasteiger partial charge is 0.223 e. The Morgan fingerprint density at radius 1 is 1.33 bits per heavy atom. The zero-order chi connectivity index (χ0) is 13.2. The van der Waals surface area contributed by atoms with Gasteiger partial charge < -0.3 is 4.74 Å². The molecule has 0 amide bonds. The molecule has 0 bridgehead atoms. The van der Waals surface area contributed by atoms with Crippen LogP contribution in [0.2, 0.25) is 5.28 Å². The quantitative estimate of drug-likeness (QED) is 0.625. The lowest BCUT2D eigenvalue weighted by Gasteiger charge is -2.24. The SMILES string of the molecule is CS(C)(C)CCOCn1ncc2nc(Cl)ncc21. The van der Waals surface area contributed by atoms with Gasteiger partial charge in [0, 0.05) is 5.75 Å². The normalized spacial score (nSPS) is 13.1. The van der Waals surface area contributed by atoms with Gasteiger partial charge in [-0.1, -0.05) is 0 Å². The zero-order valence-electron chi connectivity index (χ0n) is 10.8. The standard InChI is InChI=1S/C11H17ClN4OS/c1-18(2,3)5-4-17-8-16-10-7-13-11(12)15-9(10)6-14-16/h6-7H,4-5,8H2,1-3H3. The van der Waals surface area contributed by atoms with Crippen molar-refractivity contribution in [1.82, 2.24) is 19.7 Å². The van der Waals surface area contributed by atoms with E-state index >= 15 is 0 Å². The highest BCUT2D eigenvalue weighted by molar-refractivity contribution is 8.32. The molecular weight excluding hydrogens is 272 g/mol. The highest BCUT2D eigenvalue weighted by Gasteiger charge is 2.06. The Bertz CT molecular complexity index is 537. The third kappa shape index (κ3) is 3.57. The first-order valence-electron chi connectivity index (χ1n) is 5.53. The molecule has 7 heteroatoms. The van der Waals surface area contributed by atoms with Crippen molar-refractivity contribution < 1.29 is 4.74 Å². The van der Waals surface area contributed by atoms with E-state index in [4.69, 9.17) is 16.3 Å². The Morgan fingerprint density at radius 3 is 2.83 bits per heavy atom. The van der Waals surface area contributed by atoms with Crippen molar-refractivity contribution in [2.75, 3.05) is 31.1 Å². The first kappa shape index (κ1) is 13.6. The molecule has 2 aromatic heterocycles. The lowest BCUT2D eigenvalue weighted by atomic mass is 10.5. The number of rotatable bonds is 5. The predicted octanol–water partition coefficient (Wildman–Crippen LogP) is 2.15. The molecular formula is C11H17ClN4OS. The average Bonchev–Trinajstić information content (AvgIpc) is 2.65. The summed E-state index contributed by atoms with van der Waals surface area (Å²) in [5.74, 6) is 1.09. The highest BCUT2D eigenvalue weighted by atomic mass is 35.5. The Kier molecular flexibility index (Phi) is 4.09. The number of ether oxygens (including phenoxy) is 1. The Balaban J connectivity index is 1.96. The van der Waals surface area contributed by atoms with Crippen molar-refractivity contribution >= 4 is 32.7 Å². The van der Waals surface area contributed by atoms with Crippen LogP contribution in [0.5, 0.6) is 0 Å². The maximum Gasteiger partial charge on any atom is 0.223 e. The van der Waals surface area contributed by atoms with E-state index in [0.717, 1.165) is 23.4 Å². The minimum Gasteiger partial charge on any atom is -0.358 e. The minimum absolute atomic E-state index is 0.235. The van der Waals surface area contributed by atoms with Crippen molar-refractivity contribution in [2.45, 2.75) is 6.73 Å². The lowest BCUT2D eigenvalue weighted by Crippen LogP contribution is -2.10. The van der Waals surface area contributed by atoms with Crippen molar-refractivity contribution in [3.8, 4) is 0 Å². The zero-order valence-corrected chi connectivity index (χ0v) is 12.3. The van der Waals surface area contributed by atoms with Crippen LogP contribution in [0, 0.1) is 0 Å². The van der Waals surface area contributed by atoms with Crippen molar-refractivity contribution in [3.63, 3.8) is 0 Å². The molecule has 0 aromatic carbocycles. The first-order valence-corrected chi connectivity index (χ1v) is 8.94. The van der Waals surface area contributed by atoms with Crippen molar-refractivity contribution in [2.24, 2.45) is 0 Å². The van der Waals surface area contributed by atoms with Crippen LogP contribution in [-0.4, -0.2) is 50.9 Å². The summed E-state index contributed by atoms with van der Waals surface area (Å²) in [5, 5.41) is 4.44. The summed E-state index contributed by atoms with van der Waals surface area (Å²) in [6.45, 7) is 1.17. The molecule has 2 heterocycles. The second-order valence-corrected chi connectivity index (χ2v) is 9.81. The summed E-state index contributed by atoms with van der Waals surface area (Å²) in [6.07, 6.45) is 10.2. The van der Waals surface area contributed by atoms with Crippen LogP contribution in [0.1, 0.15) is 0 Å². The van der Waals surface area contributed by atoms with Crippen LogP contribution < -0.4 is 0 Å². The van der Waals surface area contributed by atoms with E-state index in [1.54, 1.807) is 17.1 Å². The van der Waals surface area contributed by atoms with Crippen LogP contribution in [-0.2, 0) is 11.5 Å². The number of aromatic nitrogens is 4. The summed E-state index contributed by atoms with van der Waals surface area (Å²) in [4.78, 5) is 8.03. The van der Waals surface area contributed by atoms with Gasteiger partial charge in [0.15, 0.2) is 0 Å². The number of fused-ring (bicyclic) bond motifs is 1. The van der Waals surface area contributed by atoms with Crippen LogP contribution >= 0.6 is 21.6 Å². The van der Waals surface area contributed by atoms with Gasteiger partial charge in [-0.25, -0.2) is 24.7 Å². The van der Waals surface area contributed by atoms with E-state index in [9.17, 15) is 0 Å². The van der Waals surface area contributed by atoms with Crippen molar-refractivity contribution in [3.05, 3.63) is 17.7 Å². The largest absolute Gasteiger partial charge is 0.358 e. The van der Waals surface area contributed by atoms with Crippen LogP contribution in [0.3, 0.4) is 0 Å². The number of hydrogen-bond donors (Lipinski definition) is 0. The summed E-state index contributed by atoms with van der Waals surface area (Å²) in [5.41, 5.74) is 1.57. The van der Waals surface area contributed by atoms with Crippen LogP contribution in [0.4, 0.5) is 0 Å². The molecule has 2 rings (SSSR count). The van der Waals surface area contributed by atoms with Gasteiger partial charge in [0.25, 0.3) is 0 Å². The molecule has 100 valence electrons. The number of nitrogens with zero attached hydrogens (tertiary/aromatic N) is 4. The molecule has 0 aliphatic carbocycles. The molecule has 5 nitrogen and oxygen atoms in total. The van der Waals surface area contributed by atoms with Gasteiger partial charge in [0.2, 0.25) is 5.28 Å². The molecule has 18 heavy (non-hydrogen) atoms. The summed E-state index contributed by atoms with van der Waals surface area (Å²) in [6, 6.07) is 0. The van der Waals surface area contributed by atoms with E-state index in [0.29, 0.717) is 6.73 Å². The molecule has 0 atom stereocenters. The van der Waals surface area contributed by atoms with Gasteiger partial charge in [-0.05, 0) is 30.4 Å². The summed E-state index contributed by atoms with van der Waals surface area (Å²) >= 11 is 5.72. The molecule has 0 N–H and O–H groups in total. The molecule has 0 unspecified atom stereocenters. The maximum absolute atomic E-state index is 5.72. The van der Waals surface area contributed by atoms with E-state index in [2.05, 4.69) is 33.8 Å². The Labute approximate surface area is 113 Å². The van der Waals surface area contributed by atoms with E-state index < -0.39 is 10.0 Å². The molecule has 0 fully saturated rings. The highest BCUT2D eigenvalue weighted by Crippen LogP contribution is 2.33. The molecule has 0 aliphatic heterocycles. The predicted molar refractivity (Wildman–Crippen MR) is 76.5 cm³/mol. The molecule has 2 aromatic rings. The molecule has 0 saturated heterocycles. The minimum atomic E-state index is -0.510.